The van der Waals surface area contributed by atoms with E-state index in [9.17, 15) is 4.79 Å². The molecular formula is C17H18N6O. The van der Waals surface area contributed by atoms with Crippen molar-refractivity contribution in [2.24, 2.45) is 5.92 Å². The van der Waals surface area contributed by atoms with Crippen molar-refractivity contribution >= 4 is 17.7 Å². The highest BCUT2D eigenvalue weighted by Gasteiger charge is 2.36. The lowest BCUT2D eigenvalue weighted by atomic mass is 10.2. The lowest BCUT2D eigenvalue weighted by Crippen LogP contribution is -2.21. The maximum atomic E-state index is 12.2. The number of H-pyrrole nitrogens is 1. The summed E-state index contributed by atoms with van der Waals surface area (Å²) in [5, 5.41) is 16.8. The molecule has 7 nitrogen and oxygen atoms in total. The molecule has 1 aromatic carbocycles. The Morgan fingerprint density at radius 2 is 2.04 bits per heavy atom. The second kappa shape index (κ2) is 5.84. The van der Waals surface area contributed by atoms with Crippen molar-refractivity contribution in [1.29, 1.82) is 0 Å². The number of nitrogens with zero attached hydrogens (tertiary/aromatic N) is 3. The second-order valence-electron chi connectivity index (χ2n) is 6.07. The first-order chi connectivity index (χ1) is 11.7. The zero-order chi connectivity index (χ0) is 16.5. The van der Waals surface area contributed by atoms with E-state index in [1.54, 1.807) is 16.9 Å². The smallest absolute Gasteiger partial charge is 0.292 e. The molecule has 1 aliphatic carbocycles. The maximum Gasteiger partial charge on any atom is 0.326 e. The molecule has 0 saturated heterocycles. The number of hydrogen-bond donors (Lipinski definition) is 3. The van der Waals surface area contributed by atoms with Crippen LogP contribution in [0.2, 0.25) is 0 Å². The van der Waals surface area contributed by atoms with Gasteiger partial charge >= 0.3 is 6.03 Å². The maximum absolute atomic E-state index is 12.2. The third kappa shape index (κ3) is 2.88. The molecule has 0 radical (unpaired) electrons. The van der Waals surface area contributed by atoms with Crippen LogP contribution in [0.1, 0.15) is 25.0 Å². The molecule has 0 bridgehead atoms. The van der Waals surface area contributed by atoms with E-state index >= 15 is 0 Å². The number of para-hydroxylation sites is 1. The van der Waals surface area contributed by atoms with E-state index in [1.807, 2.05) is 36.4 Å². The Morgan fingerprint density at radius 1 is 1.25 bits per heavy atom. The van der Waals surface area contributed by atoms with Gasteiger partial charge in [-0.3, -0.25) is 15.7 Å². The Morgan fingerprint density at radius 3 is 2.71 bits per heavy atom. The molecule has 2 atom stereocenters. The minimum absolute atomic E-state index is 0.341. The van der Waals surface area contributed by atoms with Gasteiger partial charge in [0, 0.05) is 18.1 Å². The number of amides is 2. The van der Waals surface area contributed by atoms with Crippen LogP contribution in [0.15, 0.2) is 48.7 Å². The fourth-order valence-electron chi connectivity index (χ4n) is 2.77. The summed E-state index contributed by atoms with van der Waals surface area (Å²) in [7, 11) is 0. The number of nitrogens with one attached hydrogen (secondary N) is 3. The molecule has 0 aliphatic heterocycles. The molecule has 2 heterocycles. The minimum atomic E-state index is -0.341. The predicted molar refractivity (Wildman–Crippen MR) is 91.3 cm³/mol. The number of aromatic amines is 1. The van der Waals surface area contributed by atoms with Crippen molar-refractivity contribution < 1.29 is 4.79 Å². The highest BCUT2D eigenvalue weighted by atomic mass is 16.2. The zero-order valence-corrected chi connectivity index (χ0v) is 13.2. The number of hydrogen-bond acceptors (Lipinski definition) is 3. The van der Waals surface area contributed by atoms with Gasteiger partial charge in [-0.15, -0.1) is 0 Å². The monoisotopic (exact) mass is 322 g/mol. The lowest BCUT2D eigenvalue weighted by molar-refractivity contribution is 0.262. The topological polar surface area (TPSA) is 87.6 Å². The van der Waals surface area contributed by atoms with Gasteiger partial charge < -0.3 is 0 Å². The summed E-state index contributed by atoms with van der Waals surface area (Å²) >= 11 is 0. The van der Waals surface area contributed by atoms with E-state index in [1.165, 1.54) is 0 Å². The highest BCUT2D eigenvalue weighted by Crippen LogP contribution is 2.47. The van der Waals surface area contributed by atoms with E-state index in [-0.39, 0.29) is 6.03 Å². The SMILES string of the molecule is C[C@@H]1C[C@H]1c1cc(NC(=O)Nc2ccn[nH]2)n(-c2ccccc2)n1. The Hall–Kier alpha value is -3.09. The molecule has 1 fully saturated rings. The van der Waals surface area contributed by atoms with Crippen molar-refractivity contribution in [2.45, 2.75) is 19.3 Å². The Bertz CT molecular complexity index is 839. The largest absolute Gasteiger partial charge is 0.326 e. The molecule has 24 heavy (non-hydrogen) atoms. The van der Waals surface area contributed by atoms with Gasteiger partial charge in [-0.05, 0) is 24.5 Å². The van der Waals surface area contributed by atoms with E-state index in [2.05, 4.69) is 27.8 Å². The van der Waals surface area contributed by atoms with Crippen molar-refractivity contribution in [1.82, 2.24) is 20.0 Å². The molecule has 0 unspecified atom stereocenters. The van der Waals surface area contributed by atoms with Gasteiger partial charge in [-0.1, -0.05) is 25.1 Å². The van der Waals surface area contributed by atoms with E-state index in [4.69, 9.17) is 5.10 Å². The van der Waals surface area contributed by atoms with Gasteiger partial charge in [0.2, 0.25) is 0 Å². The number of carbonyl (C=O) groups is 1. The first-order valence-corrected chi connectivity index (χ1v) is 7.93. The fraction of sp³-hybridized carbons (Fsp3) is 0.235. The van der Waals surface area contributed by atoms with Gasteiger partial charge in [0.05, 0.1) is 17.6 Å². The van der Waals surface area contributed by atoms with Crippen molar-refractivity contribution in [2.75, 3.05) is 10.6 Å². The van der Waals surface area contributed by atoms with Crippen LogP contribution in [0.3, 0.4) is 0 Å². The molecule has 3 N–H and O–H groups in total. The van der Waals surface area contributed by atoms with Gasteiger partial charge in [0.1, 0.15) is 11.6 Å². The van der Waals surface area contributed by atoms with Crippen molar-refractivity contribution in [3.63, 3.8) is 0 Å². The van der Waals surface area contributed by atoms with Crippen LogP contribution < -0.4 is 10.6 Å². The van der Waals surface area contributed by atoms with Crippen LogP contribution >= 0.6 is 0 Å². The number of benzene rings is 1. The average molecular weight is 322 g/mol. The lowest BCUT2D eigenvalue weighted by Gasteiger charge is -2.09. The fourth-order valence-corrected chi connectivity index (χ4v) is 2.77. The molecule has 4 rings (SSSR count). The first-order valence-electron chi connectivity index (χ1n) is 7.93. The third-order valence-electron chi connectivity index (χ3n) is 4.21. The van der Waals surface area contributed by atoms with Gasteiger partial charge in [0.15, 0.2) is 0 Å². The second-order valence-corrected chi connectivity index (χ2v) is 6.07. The summed E-state index contributed by atoms with van der Waals surface area (Å²) in [5.41, 5.74) is 1.93. The molecule has 1 aliphatic rings. The quantitative estimate of drug-likeness (QED) is 0.688. The molecule has 1 saturated carbocycles. The molecule has 2 amide bonds. The van der Waals surface area contributed by atoms with Gasteiger partial charge in [-0.2, -0.15) is 10.2 Å². The Balaban J connectivity index is 1.60. The normalized spacial score (nSPS) is 19.0. The molecular weight excluding hydrogens is 304 g/mol. The summed E-state index contributed by atoms with van der Waals surface area (Å²) in [6.45, 7) is 2.21. The van der Waals surface area contributed by atoms with Crippen LogP contribution in [0.5, 0.6) is 0 Å². The van der Waals surface area contributed by atoms with Crippen LogP contribution in [0.4, 0.5) is 16.4 Å². The van der Waals surface area contributed by atoms with E-state index in [0.29, 0.717) is 23.5 Å². The highest BCUT2D eigenvalue weighted by molar-refractivity contribution is 5.98. The Labute approximate surface area is 139 Å². The number of urea groups is 1. The molecule has 2 aromatic heterocycles. The number of rotatable bonds is 4. The van der Waals surface area contributed by atoms with Crippen molar-refractivity contribution in [3.8, 4) is 5.69 Å². The average Bonchev–Trinajstić information content (AvgIpc) is 2.99. The van der Waals surface area contributed by atoms with Gasteiger partial charge in [0.25, 0.3) is 0 Å². The number of anilines is 2. The molecule has 7 heteroatoms. The van der Waals surface area contributed by atoms with E-state index < -0.39 is 0 Å². The van der Waals surface area contributed by atoms with Crippen molar-refractivity contribution in [3.05, 3.63) is 54.4 Å². The predicted octanol–water partition coefficient (Wildman–Crippen LogP) is 3.36. The summed E-state index contributed by atoms with van der Waals surface area (Å²) in [4.78, 5) is 12.2. The van der Waals surface area contributed by atoms with Crippen LogP contribution in [-0.4, -0.2) is 26.0 Å². The summed E-state index contributed by atoms with van der Waals surface area (Å²) < 4.78 is 1.77. The summed E-state index contributed by atoms with van der Waals surface area (Å²) in [6, 6.07) is 13.1. The first kappa shape index (κ1) is 14.5. The third-order valence-corrected chi connectivity index (χ3v) is 4.21. The minimum Gasteiger partial charge on any atom is -0.292 e. The van der Waals surface area contributed by atoms with Crippen LogP contribution in [0, 0.1) is 5.92 Å². The summed E-state index contributed by atoms with van der Waals surface area (Å²) in [6.07, 6.45) is 2.72. The molecule has 3 aromatic rings. The van der Waals surface area contributed by atoms with Gasteiger partial charge in [-0.25, -0.2) is 9.48 Å². The molecule has 122 valence electrons. The Kier molecular flexibility index (Phi) is 3.53. The molecule has 0 spiro atoms. The summed E-state index contributed by atoms with van der Waals surface area (Å²) in [5.74, 6) is 2.31. The number of aromatic nitrogens is 4. The standard InChI is InChI=1S/C17H18N6O/c1-11-9-13(11)14-10-16(20-17(24)19-15-7-8-18-21-15)23(22-14)12-5-3-2-4-6-12/h2-8,10-11,13H,9H2,1H3,(H3,18,19,20,21,24)/t11-,13-/m1/s1. The van der Waals surface area contributed by atoms with E-state index in [0.717, 1.165) is 17.8 Å². The zero-order valence-electron chi connectivity index (χ0n) is 13.2. The number of carbonyl (C=O) groups excluding carboxylic acids is 1. The van der Waals surface area contributed by atoms with Crippen LogP contribution in [0.25, 0.3) is 5.69 Å². The van der Waals surface area contributed by atoms with Crippen LogP contribution in [-0.2, 0) is 0 Å².